The first kappa shape index (κ1) is 22.3. The molecule has 32 heavy (non-hydrogen) atoms. The fraction of sp³-hybridized carbons (Fsp3) is 0.522. The highest BCUT2D eigenvalue weighted by molar-refractivity contribution is 5.92. The number of morpholine rings is 1. The average Bonchev–Trinajstić information content (AvgIpc) is 3.25. The molecule has 0 unspecified atom stereocenters. The summed E-state index contributed by atoms with van der Waals surface area (Å²) in [7, 11) is 1.74. The molecule has 172 valence electrons. The van der Waals surface area contributed by atoms with Crippen LogP contribution in [-0.2, 0) is 16.6 Å². The predicted molar refractivity (Wildman–Crippen MR) is 115 cm³/mol. The van der Waals surface area contributed by atoms with Gasteiger partial charge in [-0.2, -0.15) is 5.10 Å². The summed E-state index contributed by atoms with van der Waals surface area (Å²) >= 11 is 0. The van der Waals surface area contributed by atoms with Gasteiger partial charge in [-0.05, 0) is 43.2 Å². The molecular weight excluding hydrogens is 415 g/mol. The lowest BCUT2D eigenvalue weighted by atomic mass is 9.77. The van der Waals surface area contributed by atoms with Crippen molar-refractivity contribution in [1.82, 2.24) is 19.6 Å². The van der Waals surface area contributed by atoms with E-state index in [1.165, 1.54) is 12.1 Å². The third-order valence-corrected chi connectivity index (χ3v) is 6.24. The molecule has 0 radical (unpaired) electrons. The van der Waals surface area contributed by atoms with E-state index < -0.39 is 5.41 Å². The van der Waals surface area contributed by atoms with Gasteiger partial charge in [0.05, 0.1) is 19.8 Å². The number of halogens is 1. The number of aryl methyl sites for hydroxylation is 1. The SMILES string of the molecule is Cn1nccc1C(=O)N1CCC[C@](COc2ccc(F)cc2)(CC(=O)N2CCOCC2)C1. The number of piperidine rings is 1. The number of aromatic nitrogens is 2. The number of likely N-dealkylation sites (tertiary alicyclic amines) is 1. The predicted octanol–water partition coefficient (Wildman–Crippen LogP) is 2.11. The second-order valence-electron chi connectivity index (χ2n) is 8.58. The van der Waals surface area contributed by atoms with Gasteiger partial charge in [-0.25, -0.2) is 4.39 Å². The fourth-order valence-corrected chi connectivity index (χ4v) is 4.45. The van der Waals surface area contributed by atoms with Gasteiger partial charge >= 0.3 is 0 Å². The Labute approximate surface area is 186 Å². The number of hydrogen-bond acceptors (Lipinski definition) is 5. The monoisotopic (exact) mass is 444 g/mol. The van der Waals surface area contributed by atoms with E-state index in [4.69, 9.17) is 9.47 Å². The van der Waals surface area contributed by atoms with Crippen molar-refractivity contribution in [3.05, 3.63) is 48.0 Å². The molecule has 2 aliphatic rings. The summed E-state index contributed by atoms with van der Waals surface area (Å²) in [4.78, 5) is 29.9. The lowest BCUT2D eigenvalue weighted by Crippen LogP contribution is -2.52. The van der Waals surface area contributed by atoms with Crippen LogP contribution in [0.4, 0.5) is 4.39 Å². The van der Waals surface area contributed by atoms with Crippen molar-refractivity contribution >= 4 is 11.8 Å². The molecule has 4 rings (SSSR count). The van der Waals surface area contributed by atoms with Crippen molar-refractivity contribution in [2.75, 3.05) is 46.0 Å². The van der Waals surface area contributed by atoms with Crippen LogP contribution in [0.5, 0.6) is 5.75 Å². The number of benzene rings is 1. The number of hydrogen-bond donors (Lipinski definition) is 0. The van der Waals surface area contributed by atoms with Gasteiger partial charge in [0, 0.05) is 51.3 Å². The molecule has 2 saturated heterocycles. The van der Waals surface area contributed by atoms with Crippen molar-refractivity contribution in [1.29, 1.82) is 0 Å². The van der Waals surface area contributed by atoms with Gasteiger partial charge in [0.2, 0.25) is 5.91 Å². The third-order valence-electron chi connectivity index (χ3n) is 6.24. The zero-order chi connectivity index (χ0) is 22.6. The van der Waals surface area contributed by atoms with Crippen LogP contribution < -0.4 is 4.74 Å². The molecule has 2 amide bonds. The number of nitrogens with zero attached hydrogens (tertiary/aromatic N) is 4. The van der Waals surface area contributed by atoms with E-state index in [-0.39, 0.29) is 30.7 Å². The van der Waals surface area contributed by atoms with E-state index >= 15 is 0 Å². The highest BCUT2D eigenvalue weighted by atomic mass is 19.1. The molecule has 2 aliphatic heterocycles. The quantitative estimate of drug-likeness (QED) is 0.682. The van der Waals surface area contributed by atoms with Gasteiger partial charge in [0.15, 0.2) is 0 Å². The van der Waals surface area contributed by atoms with E-state index in [2.05, 4.69) is 5.10 Å². The van der Waals surface area contributed by atoms with Gasteiger partial charge in [0.1, 0.15) is 17.3 Å². The van der Waals surface area contributed by atoms with Crippen molar-refractivity contribution < 1.29 is 23.5 Å². The number of amides is 2. The van der Waals surface area contributed by atoms with Crippen LogP contribution in [0.15, 0.2) is 36.5 Å². The Morgan fingerprint density at radius 2 is 1.88 bits per heavy atom. The Morgan fingerprint density at radius 3 is 2.56 bits per heavy atom. The lowest BCUT2D eigenvalue weighted by Gasteiger charge is -2.43. The molecule has 1 aromatic carbocycles. The Morgan fingerprint density at radius 1 is 1.12 bits per heavy atom. The Kier molecular flexibility index (Phi) is 6.74. The lowest BCUT2D eigenvalue weighted by molar-refractivity contribution is -0.139. The fourth-order valence-electron chi connectivity index (χ4n) is 4.45. The molecular formula is C23H29FN4O4. The van der Waals surface area contributed by atoms with Crippen LogP contribution in [-0.4, -0.2) is 77.4 Å². The second-order valence-corrected chi connectivity index (χ2v) is 8.58. The van der Waals surface area contributed by atoms with E-state index in [0.717, 1.165) is 12.8 Å². The zero-order valence-corrected chi connectivity index (χ0v) is 18.3. The molecule has 1 atom stereocenters. The summed E-state index contributed by atoms with van der Waals surface area (Å²) in [5.41, 5.74) is -0.0178. The van der Waals surface area contributed by atoms with Crippen molar-refractivity contribution in [2.24, 2.45) is 12.5 Å². The summed E-state index contributed by atoms with van der Waals surface area (Å²) in [6, 6.07) is 7.55. The van der Waals surface area contributed by atoms with Crippen LogP contribution in [0.1, 0.15) is 29.8 Å². The molecule has 2 aromatic rings. The third kappa shape index (κ3) is 5.09. The standard InChI is InChI=1S/C23H29FN4O4/c1-26-20(7-9-25-26)22(30)28-10-2-8-23(16-28,15-21(29)27-11-13-31-14-12-27)17-32-19-5-3-18(24)4-6-19/h3-7,9H,2,8,10-17H2,1H3/t23-/m0/s1. The minimum atomic E-state index is -0.531. The van der Waals surface area contributed by atoms with Gasteiger partial charge < -0.3 is 19.3 Å². The molecule has 2 fully saturated rings. The molecule has 0 aliphatic carbocycles. The summed E-state index contributed by atoms with van der Waals surface area (Å²) < 4.78 is 26.2. The van der Waals surface area contributed by atoms with E-state index in [1.807, 2.05) is 4.90 Å². The summed E-state index contributed by atoms with van der Waals surface area (Å²) in [5.74, 6) is 0.153. The van der Waals surface area contributed by atoms with Crippen LogP contribution in [0.25, 0.3) is 0 Å². The number of carbonyl (C=O) groups is 2. The maximum Gasteiger partial charge on any atom is 0.272 e. The van der Waals surface area contributed by atoms with Crippen molar-refractivity contribution in [2.45, 2.75) is 19.3 Å². The highest BCUT2D eigenvalue weighted by Crippen LogP contribution is 2.36. The number of ether oxygens (including phenoxy) is 2. The van der Waals surface area contributed by atoms with E-state index in [0.29, 0.717) is 50.8 Å². The van der Waals surface area contributed by atoms with Gasteiger partial charge in [-0.1, -0.05) is 0 Å². The van der Waals surface area contributed by atoms with E-state index in [9.17, 15) is 14.0 Å². The second kappa shape index (κ2) is 9.68. The maximum absolute atomic E-state index is 13.3. The van der Waals surface area contributed by atoms with E-state index in [1.54, 1.807) is 41.0 Å². The average molecular weight is 445 g/mol. The van der Waals surface area contributed by atoms with Crippen LogP contribution >= 0.6 is 0 Å². The van der Waals surface area contributed by atoms with Crippen LogP contribution in [0.3, 0.4) is 0 Å². The van der Waals surface area contributed by atoms with Crippen LogP contribution in [0, 0.1) is 11.2 Å². The van der Waals surface area contributed by atoms with Gasteiger partial charge in [-0.15, -0.1) is 0 Å². The maximum atomic E-state index is 13.3. The Hall–Kier alpha value is -2.94. The molecule has 0 bridgehead atoms. The Bertz CT molecular complexity index is 942. The van der Waals surface area contributed by atoms with Gasteiger partial charge in [0.25, 0.3) is 5.91 Å². The molecule has 0 saturated carbocycles. The number of rotatable bonds is 6. The summed E-state index contributed by atoms with van der Waals surface area (Å²) in [6.45, 7) is 3.52. The minimum Gasteiger partial charge on any atom is -0.493 e. The molecule has 0 N–H and O–H groups in total. The first-order valence-corrected chi connectivity index (χ1v) is 11.0. The molecule has 3 heterocycles. The smallest absolute Gasteiger partial charge is 0.272 e. The molecule has 0 spiro atoms. The van der Waals surface area contributed by atoms with Gasteiger partial charge in [-0.3, -0.25) is 14.3 Å². The molecule has 9 heteroatoms. The first-order chi connectivity index (χ1) is 15.5. The van der Waals surface area contributed by atoms with Crippen molar-refractivity contribution in [3.8, 4) is 5.75 Å². The highest BCUT2D eigenvalue weighted by Gasteiger charge is 2.41. The summed E-state index contributed by atoms with van der Waals surface area (Å²) in [5, 5.41) is 4.10. The molecule has 8 nitrogen and oxygen atoms in total. The normalized spacial score (nSPS) is 21.4. The largest absolute Gasteiger partial charge is 0.493 e. The minimum absolute atomic E-state index is 0.0471. The first-order valence-electron chi connectivity index (χ1n) is 11.0. The Balaban J connectivity index is 1.52. The summed E-state index contributed by atoms with van der Waals surface area (Å²) in [6.07, 6.45) is 3.42. The van der Waals surface area contributed by atoms with Crippen molar-refractivity contribution in [3.63, 3.8) is 0 Å². The number of carbonyl (C=O) groups excluding carboxylic acids is 2. The topological polar surface area (TPSA) is 76.9 Å². The van der Waals surface area contributed by atoms with Crippen LogP contribution in [0.2, 0.25) is 0 Å². The zero-order valence-electron chi connectivity index (χ0n) is 18.3. The molecule has 1 aromatic heterocycles.